The molecule has 0 radical (unpaired) electrons. The van der Waals surface area contributed by atoms with Crippen molar-refractivity contribution in [2.24, 2.45) is 0 Å². The van der Waals surface area contributed by atoms with Crippen LogP contribution in [-0.4, -0.2) is 47.2 Å². The summed E-state index contributed by atoms with van der Waals surface area (Å²) in [6, 6.07) is 0. The number of carbonyl (C=O) groups excluding carboxylic acids is 1. The maximum atomic E-state index is 12.1. The molecule has 6 nitrogen and oxygen atoms in total. The largest absolute Gasteiger partial charge is 0.494 e. The molecule has 96 valence electrons. The highest BCUT2D eigenvalue weighted by Gasteiger charge is 2.32. The predicted octanol–water partition coefficient (Wildman–Crippen LogP) is 0.586. The first-order chi connectivity index (χ1) is 7.82. The quantitative estimate of drug-likeness (QED) is 0.785. The maximum Gasteiger partial charge on any atom is 0.323 e. The zero-order valence-corrected chi connectivity index (χ0v) is 10.2. The van der Waals surface area contributed by atoms with Crippen LogP contribution in [0, 0.1) is 0 Å². The van der Waals surface area contributed by atoms with Gasteiger partial charge in [0.15, 0.2) is 0 Å². The Bertz CT molecular complexity index is 342. The van der Waals surface area contributed by atoms with Crippen LogP contribution >= 0.6 is 0 Å². The number of nitrogens with zero attached hydrogens (tertiary/aromatic N) is 1. The van der Waals surface area contributed by atoms with Crippen LogP contribution in [0.15, 0.2) is 12.0 Å². The van der Waals surface area contributed by atoms with Crippen molar-refractivity contribution < 1.29 is 24.2 Å². The van der Waals surface area contributed by atoms with Crippen LogP contribution in [0.3, 0.4) is 0 Å². The Balaban J connectivity index is 2.86. The number of aliphatic carboxylic acids is 1. The van der Waals surface area contributed by atoms with Crippen molar-refractivity contribution in [1.29, 1.82) is 0 Å². The number of hydrogen-bond donors (Lipinski definition) is 1. The Kier molecular flexibility index (Phi) is 3.98. The zero-order chi connectivity index (χ0) is 13.1. The SMILES string of the molecule is CC(C)(C)N(CC(=O)O)C(=O)C1=COCCO1. The molecule has 1 N–H and O–H groups in total. The molecule has 1 aliphatic rings. The average molecular weight is 243 g/mol. The normalized spacial score (nSPS) is 15.4. The van der Waals surface area contributed by atoms with Crippen LogP contribution in [0.4, 0.5) is 0 Å². The number of ether oxygens (including phenoxy) is 2. The Hall–Kier alpha value is -1.72. The first kappa shape index (κ1) is 13.3. The lowest BCUT2D eigenvalue weighted by molar-refractivity contribution is -0.148. The van der Waals surface area contributed by atoms with Gasteiger partial charge in [0.05, 0.1) is 0 Å². The van der Waals surface area contributed by atoms with Crippen molar-refractivity contribution in [3.63, 3.8) is 0 Å². The fraction of sp³-hybridized carbons (Fsp3) is 0.636. The molecule has 0 fully saturated rings. The third-order valence-corrected chi connectivity index (χ3v) is 2.21. The van der Waals surface area contributed by atoms with Crippen LogP contribution < -0.4 is 0 Å². The van der Waals surface area contributed by atoms with Crippen LogP contribution in [0.2, 0.25) is 0 Å². The Morgan fingerprint density at radius 1 is 1.41 bits per heavy atom. The highest BCUT2D eigenvalue weighted by molar-refractivity contribution is 5.93. The predicted molar refractivity (Wildman–Crippen MR) is 59.1 cm³/mol. The lowest BCUT2D eigenvalue weighted by Crippen LogP contribution is -2.49. The van der Waals surface area contributed by atoms with Gasteiger partial charge in [-0.3, -0.25) is 9.59 Å². The summed E-state index contributed by atoms with van der Waals surface area (Å²) in [6.45, 7) is 5.60. The summed E-state index contributed by atoms with van der Waals surface area (Å²) >= 11 is 0. The molecular weight excluding hydrogens is 226 g/mol. The first-order valence-electron chi connectivity index (χ1n) is 5.30. The van der Waals surface area contributed by atoms with Gasteiger partial charge in [-0.25, -0.2) is 0 Å². The summed E-state index contributed by atoms with van der Waals surface area (Å²) in [5, 5.41) is 8.81. The van der Waals surface area contributed by atoms with Crippen molar-refractivity contribution in [3.05, 3.63) is 12.0 Å². The van der Waals surface area contributed by atoms with E-state index in [0.717, 1.165) is 0 Å². The van der Waals surface area contributed by atoms with E-state index in [0.29, 0.717) is 13.2 Å². The minimum Gasteiger partial charge on any atom is -0.494 e. The van der Waals surface area contributed by atoms with Crippen LogP contribution in [0.25, 0.3) is 0 Å². The topological polar surface area (TPSA) is 76.1 Å². The van der Waals surface area contributed by atoms with Crippen LogP contribution in [0.5, 0.6) is 0 Å². The number of carbonyl (C=O) groups is 2. The molecule has 0 aromatic rings. The Morgan fingerprint density at radius 3 is 2.47 bits per heavy atom. The van der Waals surface area contributed by atoms with E-state index < -0.39 is 17.4 Å². The average Bonchev–Trinajstić information content (AvgIpc) is 2.24. The van der Waals surface area contributed by atoms with E-state index in [1.54, 1.807) is 20.8 Å². The molecule has 0 bridgehead atoms. The van der Waals surface area contributed by atoms with E-state index in [1.807, 2.05) is 0 Å². The van der Waals surface area contributed by atoms with Crippen molar-refractivity contribution >= 4 is 11.9 Å². The molecule has 0 aromatic heterocycles. The van der Waals surface area contributed by atoms with Gasteiger partial charge < -0.3 is 19.5 Å². The minimum absolute atomic E-state index is 0.0485. The highest BCUT2D eigenvalue weighted by Crippen LogP contribution is 2.18. The molecule has 1 amide bonds. The lowest BCUT2D eigenvalue weighted by Gasteiger charge is -2.35. The van der Waals surface area contributed by atoms with Crippen molar-refractivity contribution in [1.82, 2.24) is 4.90 Å². The van der Waals surface area contributed by atoms with Gasteiger partial charge in [0, 0.05) is 5.54 Å². The van der Waals surface area contributed by atoms with E-state index in [2.05, 4.69) is 0 Å². The van der Waals surface area contributed by atoms with Crippen LogP contribution in [0.1, 0.15) is 20.8 Å². The fourth-order valence-electron chi connectivity index (χ4n) is 1.36. The molecule has 0 atom stereocenters. The molecule has 0 aliphatic carbocycles. The molecule has 17 heavy (non-hydrogen) atoms. The van der Waals surface area contributed by atoms with Gasteiger partial charge in [0.25, 0.3) is 5.91 Å². The number of carboxylic acids is 1. The molecule has 0 aromatic carbocycles. The van der Waals surface area contributed by atoms with E-state index in [1.165, 1.54) is 11.2 Å². The second-order valence-electron chi connectivity index (χ2n) is 4.66. The van der Waals surface area contributed by atoms with Crippen molar-refractivity contribution in [3.8, 4) is 0 Å². The van der Waals surface area contributed by atoms with E-state index >= 15 is 0 Å². The molecule has 6 heteroatoms. The smallest absolute Gasteiger partial charge is 0.323 e. The third-order valence-electron chi connectivity index (χ3n) is 2.21. The second kappa shape index (κ2) is 5.07. The highest BCUT2D eigenvalue weighted by atomic mass is 16.6. The monoisotopic (exact) mass is 243 g/mol. The lowest BCUT2D eigenvalue weighted by atomic mass is 10.1. The molecule has 0 spiro atoms. The minimum atomic E-state index is -1.06. The van der Waals surface area contributed by atoms with Gasteiger partial charge in [-0.05, 0) is 20.8 Å². The van der Waals surface area contributed by atoms with Crippen LogP contribution in [-0.2, 0) is 19.1 Å². The molecular formula is C11H17NO5. The fourth-order valence-corrected chi connectivity index (χ4v) is 1.36. The summed E-state index contributed by atoms with van der Waals surface area (Å²) in [5.41, 5.74) is -0.600. The van der Waals surface area contributed by atoms with Gasteiger partial charge in [-0.1, -0.05) is 0 Å². The number of hydrogen-bond acceptors (Lipinski definition) is 4. The summed E-state index contributed by atoms with van der Waals surface area (Å²) in [4.78, 5) is 24.1. The van der Waals surface area contributed by atoms with Gasteiger partial charge in [0.1, 0.15) is 26.0 Å². The Morgan fingerprint density at radius 2 is 2.06 bits per heavy atom. The van der Waals surface area contributed by atoms with E-state index in [4.69, 9.17) is 14.6 Å². The standard InChI is InChI=1S/C11H17NO5/c1-11(2,3)12(6-9(13)14)10(15)8-7-16-4-5-17-8/h7H,4-6H2,1-3H3,(H,13,14). The van der Waals surface area contributed by atoms with E-state index in [-0.39, 0.29) is 12.3 Å². The van der Waals surface area contributed by atoms with Gasteiger partial charge in [0.2, 0.25) is 5.76 Å². The number of carboxylic acid groups (broad SMARTS) is 1. The van der Waals surface area contributed by atoms with Gasteiger partial charge in [-0.2, -0.15) is 0 Å². The molecule has 0 saturated heterocycles. The summed E-state index contributed by atoms with van der Waals surface area (Å²) in [7, 11) is 0. The Labute approximate surface area is 99.8 Å². The molecule has 1 heterocycles. The van der Waals surface area contributed by atoms with Gasteiger partial charge >= 0.3 is 5.97 Å². The summed E-state index contributed by atoms with van der Waals surface area (Å²) < 4.78 is 10.1. The molecule has 1 rings (SSSR count). The summed E-state index contributed by atoms with van der Waals surface area (Å²) in [5.74, 6) is -1.49. The number of rotatable bonds is 3. The molecule has 1 aliphatic heterocycles. The molecule has 0 saturated carbocycles. The summed E-state index contributed by atoms with van der Waals surface area (Å²) in [6.07, 6.45) is 1.23. The molecule has 0 unspecified atom stereocenters. The van der Waals surface area contributed by atoms with Gasteiger partial charge in [-0.15, -0.1) is 0 Å². The first-order valence-corrected chi connectivity index (χ1v) is 5.30. The maximum absolute atomic E-state index is 12.1. The second-order valence-corrected chi connectivity index (χ2v) is 4.66. The zero-order valence-electron chi connectivity index (χ0n) is 10.2. The van der Waals surface area contributed by atoms with Crippen molar-refractivity contribution in [2.45, 2.75) is 26.3 Å². The van der Waals surface area contributed by atoms with Crippen molar-refractivity contribution in [2.75, 3.05) is 19.8 Å². The van der Waals surface area contributed by atoms with E-state index in [9.17, 15) is 9.59 Å². The number of amides is 1. The third kappa shape index (κ3) is 3.65.